The van der Waals surface area contributed by atoms with E-state index in [1.165, 1.54) is 13.0 Å². The van der Waals surface area contributed by atoms with Crippen LogP contribution in [0.5, 0.6) is 0 Å². The Kier molecular flexibility index (Phi) is 5.56. The first-order valence-electron chi connectivity index (χ1n) is 9.31. The Bertz CT molecular complexity index is 816. The van der Waals surface area contributed by atoms with Gasteiger partial charge in [0, 0.05) is 37.5 Å². The van der Waals surface area contributed by atoms with Crippen LogP contribution in [0.4, 0.5) is 5.69 Å². The van der Waals surface area contributed by atoms with Gasteiger partial charge in [-0.05, 0) is 5.56 Å². The molecule has 0 radical (unpaired) electrons. The first kappa shape index (κ1) is 19.0. The topological polar surface area (TPSA) is 72.2 Å². The molecule has 0 saturated carbocycles. The highest BCUT2D eigenvalue weighted by molar-refractivity contribution is 5.73. The number of nitro benzene ring substituents is 1. The van der Waals surface area contributed by atoms with Gasteiger partial charge in [0.2, 0.25) is 5.91 Å². The molecule has 1 amide bonds. The molecular weight excluding hydrogens is 342 g/mol. The molecule has 0 bridgehead atoms. The van der Waals surface area contributed by atoms with Gasteiger partial charge in [-0.15, -0.1) is 0 Å². The second kappa shape index (κ2) is 7.88. The van der Waals surface area contributed by atoms with Crippen LogP contribution in [0, 0.1) is 10.1 Å². The second-order valence-electron chi connectivity index (χ2n) is 7.52. The molecule has 1 unspecified atom stereocenters. The van der Waals surface area contributed by atoms with Gasteiger partial charge in [-0.2, -0.15) is 0 Å². The van der Waals surface area contributed by atoms with Gasteiger partial charge in [0.1, 0.15) is 12.1 Å². The molecule has 1 aliphatic heterocycles. The van der Waals surface area contributed by atoms with Gasteiger partial charge < -0.3 is 9.80 Å². The molecule has 6 heteroatoms. The summed E-state index contributed by atoms with van der Waals surface area (Å²) >= 11 is 0. The molecule has 142 valence electrons. The SMILES string of the molecule is CC(=O)N[C@@H](c1ccccc1)C(c1cccc([N+](=O)[O-])c1)[N+]1(C)CCCC1. The Hall–Kier alpha value is -2.73. The standard InChI is InChI=1S/C21H25N3O3/c1-16(25)22-20(17-9-4-3-5-10-17)21(24(2)13-6-7-14-24)18-11-8-12-19(15-18)23(26)27/h3-5,8-12,15,20-21H,6-7,13-14H2,1-2H3/p+1/t20-,21?/m0/s1. The van der Waals surface area contributed by atoms with Crippen LogP contribution in [-0.2, 0) is 4.79 Å². The molecule has 2 aromatic carbocycles. The number of carbonyl (C=O) groups is 1. The molecule has 0 aromatic heterocycles. The minimum atomic E-state index is -0.361. The molecule has 1 N–H and O–H groups in total. The zero-order valence-corrected chi connectivity index (χ0v) is 15.8. The molecule has 27 heavy (non-hydrogen) atoms. The van der Waals surface area contributed by atoms with E-state index in [1.807, 2.05) is 36.4 Å². The van der Waals surface area contributed by atoms with Gasteiger partial charge in [0.15, 0.2) is 0 Å². The monoisotopic (exact) mass is 368 g/mol. The predicted octanol–water partition coefficient (Wildman–Crippen LogP) is 3.75. The third-order valence-corrected chi connectivity index (χ3v) is 5.52. The lowest BCUT2D eigenvalue weighted by Gasteiger charge is -2.42. The van der Waals surface area contributed by atoms with Gasteiger partial charge >= 0.3 is 0 Å². The van der Waals surface area contributed by atoms with Gasteiger partial charge in [-0.25, -0.2) is 0 Å². The fraction of sp³-hybridized carbons (Fsp3) is 0.381. The number of nitrogens with one attached hydrogen (secondary N) is 1. The molecule has 0 spiro atoms. The van der Waals surface area contributed by atoms with E-state index in [0.29, 0.717) is 0 Å². The third kappa shape index (κ3) is 4.17. The van der Waals surface area contributed by atoms with Crippen LogP contribution in [0.2, 0.25) is 0 Å². The van der Waals surface area contributed by atoms with E-state index in [1.54, 1.807) is 12.1 Å². The quantitative estimate of drug-likeness (QED) is 0.479. The molecule has 3 rings (SSSR count). The number of benzene rings is 2. The average molecular weight is 368 g/mol. The van der Waals surface area contributed by atoms with E-state index < -0.39 is 0 Å². The molecule has 1 aliphatic rings. The minimum absolute atomic E-state index is 0.0814. The Labute approximate surface area is 159 Å². The smallest absolute Gasteiger partial charge is 0.269 e. The largest absolute Gasteiger partial charge is 0.343 e. The first-order valence-corrected chi connectivity index (χ1v) is 9.31. The number of rotatable bonds is 6. The van der Waals surface area contributed by atoms with E-state index >= 15 is 0 Å². The van der Waals surface area contributed by atoms with Gasteiger partial charge in [0.25, 0.3) is 5.69 Å². The zero-order chi connectivity index (χ0) is 19.4. The Balaban J connectivity index is 2.14. The zero-order valence-electron chi connectivity index (χ0n) is 15.8. The number of non-ortho nitro benzene ring substituents is 1. The predicted molar refractivity (Wildman–Crippen MR) is 104 cm³/mol. The number of nitrogens with zero attached hydrogens (tertiary/aromatic N) is 2. The van der Waals surface area contributed by atoms with Gasteiger partial charge in [-0.3, -0.25) is 14.9 Å². The van der Waals surface area contributed by atoms with Crippen molar-refractivity contribution in [2.45, 2.75) is 31.8 Å². The van der Waals surface area contributed by atoms with Gasteiger partial charge in [-0.1, -0.05) is 42.5 Å². The third-order valence-electron chi connectivity index (χ3n) is 5.52. The van der Waals surface area contributed by atoms with Gasteiger partial charge in [0.05, 0.1) is 25.1 Å². The summed E-state index contributed by atoms with van der Waals surface area (Å²) in [6, 6.07) is 16.4. The summed E-state index contributed by atoms with van der Waals surface area (Å²) in [5, 5.41) is 14.4. The van der Waals surface area contributed by atoms with E-state index in [2.05, 4.69) is 12.4 Å². The highest BCUT2D eigenvalue weighted by Gasteiger charge is 2.43. The average Bonchev–Trinajstić information content (AvgIpc) is 3.09. The molecule has 1 fully saturated rings. The number of hydrogen-bond donors (Lipinski definition) is 1. The van der Waals surface area contributed by atoms with Crippen molar-refractivity contribution < 1.29 is 14.2 Å². The maximum absolute atomic E-state index is 12.0. The molecule has 0 aliphatic carbocycles. The van der Waals surface area contributed by atoms with Crippen LogP contribution in [0.15, 0.2) is 54.6 Å². The molecule has 1 heterocycles. The molecule has 2 atom stereocenters. The number of hydrogen-bond acceptors (Lipinski definition) is 3. The fourth-order valence-corrected chi connectivity index (χ4v) is 4.29. The minimum Gasteiger partial charge on any atom is -0.343 e. The van der Waals surface area contributed by atoms with Crippen LogP contribution in [0.1, 0.15) is 43.0 Å². The maximum Gasteiger partial charge on any atom is 0.269 e. The Morgan fingerprint density at radius 1 is 1.07 bits per heavy atom. The number of quaternary nitrogens is 1. The van der Waals surface area contributed by atoms with Crippen molar-refractivity contribution in [1.82, 2.24) is 5.32 Å². The lowest BCUT2D eigenvalue weighted by atomic mass is 9.90. The van der Waals surface area contributed by atoms with Crippen LogP contribution >= 0.6 is 0 Å². The van der Waals surface area contributed by atoms with Crippen molar-refractivity contribution in [3.63, 3.8) is 0 Å². The summed E-state index contributed by atoms with van der Waals surface area (Å²) in [5.41, 5.74) is 1.98. The van der Waals surface area contributed by atoms with E-state index in [0.717, 1.165) is 41.5 Å². The number of amides is 1. The number of carbonyl (C=O) groups excluding carboxylic acids is 1. The Morgan fingerprint density at radius 2 is 1.70 bits per heavy atom. The summed E-state index contributed by atoms with van der Waals surface area (Å²) < 4.78 is 0.751. The van der Waals surface area contributed by atoms with Crippen molar-refractivity contribution in [3.05, 3.63) is 75.8 Å². The van der Waals surface area contributed by atoms with E-state index in [-0.39, 0.29) is 28.6 Å². The van der Waals surface area contributed by atoms with Crippen molar-refractivity contribution >= 4 is 11.6 Å². The molecule has 6 nitrogen and oxygen atoms in total. The highest BCUT2D eigenvalue weighted by Crippen LogP contribution is 2.41. The van der Waals surface area contributed by atoms with E-state index in [9.17, 15) is 14.9 Å². The van der Waals surface area contributed by atoms with Crippen molar-refractivity contribution in [1.29, 1.82) is 0 Å². The van der Waals surface area contributed by atoms with Crippen molar-refractivity contribution in [3.8, 4) is 0 Å². The summed E-state index contributed by atoms with van der Waals surface area (Å²) in [6.07, 6.45) is 2.23. The number of likely N-dealkylation sites (N-methyl/N-ethyl adjacent to an activating group) is 1. The number of likely N-dealkylation sites (tertiary alicyclic amines) is 1. The van der Waals surface area contributed by atoms with Crippen molar-refractivity contribution in [2.75, 3.05) is 20.1 Å². The molecule has 1 saturated heterocycles. The van der Waals surface area contributed by atoms with Crippen LogP contribution in [0.3, 0.4) is 0 Å². The Morgan fingerprint density at radius 3 is 2.30 bits per heavy atom. The van der Waals surface area contributed by atoms with E-state index in [4.69, 9.17) is 0 Å². The second-order valence-corrected chi connectivity index (χ2v) is 7.52. The normalized spacial score (nSPS) is 17.9. The highest BCUT2D eigenvalue weighted by atomic mass is 16.6. The fourth-order valence-electron chi connectivity index (χ4n) is 4.29. The van der Waals surface area contributed by atoms with Crippen LogP contribution in [0.25, 0.3) is 0 Å². The van der Waals surface area contributed by atoms with Crippen LogP contribution in [-0.4, -0.2) is 35.5 Å². The lowest BCUT2D eigenvalue weighted by Crippen LogP contribution is -2.50. The maximum atomic E-state index is 12.0. The summed E-state index contributed by atoms with van der Waals surface area (Å²) in [4.78, 5) is 23.0. The van der Waals surface area contributed by atoms with Crippen molar-refractivity contribution in [2.24, 2.45) is 0 Å². The summed E-state index contributed by atoms with van der Waals surface area (Å²) in [7, 11) is 2.19. The molecule has 2 aromatic rings. The lowest BCUT2D eigenvalue weighted by molar-refractivity contribution is -0.930. The van der Waals surface area contributed by atoms with Crippen LogP contribution < -0.4 is 5.32 Å². The first-order chi connectivity index (χ1) is 12.9. The number of nitro groups is 1. The molecular formula is C21H26N3O3+. The summed E-state index contributed by atoms with van der Waals surface area (Å²) in [5.74, 6) is -0.106. The summed E-state index contributed by atoms with van der Waals surface area (Å²) in [6.45, 7) is 3.48.